The lowest BCUT2D eigenvalue weighted by Crippen LogP contribution is -2.21. The fraction of sp³-hybridized carbons (Fsp3) is 0.240. The molecule has 3 rings (SSSR count). The van der Waals surface area contributed by atoms with Crippen molar-refractivity contribution in [1.29, 1.82) is 0 Å². The Labute approximate surface area is 162 Å². The number of aromatic nitrogens is 1. The fourth-order valence-electron chi connectivity index (χ4n) is 3.75. The molecule has 27 heavy (non-hydrogen) atoms. The number of anilines is 1. The second-order valence-corrected chi connectivity index (χ2v) is 7.46. The van der Waals surface area contributed by atoms with Gasteiger partial charge >= 0.3 is 0 Å². The Morgan fingerprint density at radius 3 is 2.78 bits per heavy atom. The predicted octanol–water partition coefficient (Wildman–Crippen LogP) is 6.65. The Balaban J connectivity index is 2.21. The highest BCUT2D eigenvalue weighted by molar-refractivity contribution is 6.00. The minimum absolute atomic E-state index is 0.0283. The Kier molecular flexibility index (Phi) is 5.46. The van der Waals surface area contributed by atoms with E-state index in [1.807, 2.05) is 31.5 Å². The molecule has 1 atom stereocenters. The van der Waals surface area contributed by atoms with Crippen molar-refractivity contribution in [2.45, 2.75) is 20.8 Å². The normalized spacial score (nSPS) is 19.0. The van der Waals surface area contributed by atoms with E-state index < -0.39 is 0 Å². The van der Waals surface area contributed by atoms with Gasteiger partial charge in [-0.15, -0.1) is 0 Å². The standard InChI is InChI=1S/C25H28N2/c1-6-8-12-20-14-13-19(17-25(20,3)4)22-16-18-11-9-15-27-23(18)24(26-5)21(22)10-7-2/h6-17,20,26H,1H2,2-5H3/b10-7-,12-8-. The summed E-state index contributed by atoms with van der Waals surface area (Å²) in [6.45, 7) is 10.4. The first-order valence-electron chi connectivity index (χ1n) is 9.44. The minimum Gasteiger partial charge on any atom is -0.386 e. The van der Waals surface area contributed by atoms with Crippen molar-refractivity contribution in [3.63, 3.8) is 0 Å². The van der Waals surface area contributed by atoms with Gasteiger partial charge in [0.2, 0.25) is 0 Å². The Morgan fingerprint density at radius 2 is 2.11 bits per heavy atom. The monoisotopic (exact) mass is 356 g/mol. The molecule has 0 radical (unpaired) electrons. The summed E-state index contributed by atoms with van der Waals surface area (Å²) in [6, 6.07) is 6.37. The van der Waals surface area contributed by atoms with E-state index in [0.717, 1.165) is 16.6 Å². The van der Waals surface area contributed by atoms with Gasteiger partial charge in [-0.1, -0.05) is 75.1 Å². The summed E-state index contributed by atoms with van der Waals surface area (Å²) in [5.74, 6) is 0.357. The lowest BCUT2D eigenvalue weighted by atomic mass is 9.73. The number of nitrogens with one attached hydrogen (secondary N) is 1. The smallest absolute Gasteiger partial charge is 0.0939 e. The molecule has 2 aromatic rings. The van der Waals surface area contributed by atoms with Crippen LogP contribution in [-0.4, -0.2) is 12.0 Å². The molecule has 0 fully saturated rings. The molecule has 0 bridgehead atoms. The zero-order chi connectivity index (χ0) is 19.4. The van der Waals surface area contributed by atoms with Crippen molar-refractivity contribution in [2.75, 3.05) is 12.4 Å². The lowest BCUT2D eigenvalue weighted by Gasteiger charge is -2.32. The molecule has 1 N–H and O–H groups in total. The van der Waals surface area contributed by atoms with Crippen LogP contribution in [0.15, 0.2) is 73.5 Å². The van der Waals surface area contributed by atoms with Crippen LogP contribution in [0.4, 0.5) is 5.69 Å². The van der Waals surface area contributed by atoms with Gasteiger partial charge in [0.15, 0.2) is 0 Å². The molecule has 2 nitrogen and oxygen atoms in total. The number of allylic oxidation sites excluding steroid dienone is 8. The van der Waals surface area contributed by atoms with Crippen molar-refractivity contribution < 1.29 is 0 Å². The Hall–Kier alpha value is -2.87. The maximum atomic E-state index is 4.60. The van der Waals surface area contributed by atoms with Gasteiger partial charge in [0.1, 0.15) is 0 Å². The first-order chi connectivity index (χ1) is 13.0. The molecule has 0 saturated carbocycles. The zero-order valence-corrected chi connectivity index (χ0v) is 16.7. The Morgan fingerprint density at radius 1 is 1.30 bits per heavy atom. The average Bonchev–Trinajstić information content (AvgIpc) is 2.66. The van der Waals surface area contributed by atoms with E-state index in [2.05, 4.69) is 86.2 Å². The molecule has 1 aromatic heterocycles. The summed E-state index contributed by atoms with van der Waals surface area (Å²) in [6.07, 6.45) is 19.1. The Bertz CT molecular complexity index is 971. The number of hydrogen-bond donors (Lipinski definition) is 1. The van der Waals surface area contributed by atoms with Gasteiger partial charge in [-0.3, -0.25) is 4.98 Å². The van der Waals surface area contributed by atoms with Gasteiger partial charge in [0.25, 0.3) is 0 Å². The third-order valence-corrected chi connectivity index (χ3v) is 5.15. The summed E-state index contributed by atoms with van der Waals surface area (Å²) < 4.78 is 0. The molecular weight excluding hydrogens is 328 g/mol. The van der Waals surface area contributed by atoms with Crippen LogP contribution in [0.25, 0.3) is 22.6 Å². The SMILES string of the molecule is C=C/C=C\C1C=CC(c2cc3cccnc3c(NC)c2/C=C\C)=CC1(C)C. The van der Waals surface area contributed by atoms with E-state index in [1.54, 1.807) is 0 Å². The number of fused-ring (bicyclic) bond motifs is 1. The summed E-state index contributed by atoms with van der Waals surface area (Å²) >= 11 is 0. The van der Waals surface area contributed by atoms with Crippen LogP contribution >= 0.6 is 0 Å². The van der Waals surface area contributed by atoms with Crippen molar-refractivity contribution in [2.24, 2.45) is 11.3 Å². The van der Waals surface area contributed by atoms with Gasteiger partial charge in [-0.25, -0.2) is 0 Å². The van der Waals surface area contributed by atoms with Gasteiger partial charge in [0, 0.05) is 30.1 Å². The second-order valence-electron chi connectivity index (χ2n) is 7.46. The van der Waals surface area contributed by atoms with E-state index in [1.165, 1.54) is 16.7 Å². The maximum Gasteiger partial charge on any atom is 0.0939 e. The van der Waals surface area contributed by atoms with Crippen LogP contribution in [-0.2, 0) is 0 Å². The van der Waals surface area contributed by atoms with E-state index in [4.69, 9.17) is 0 Å². The quantitative estimate of drug-likeness (QED) is 0.607. The maximum absolute atomic E-state index is 4.60. The summed E-state index contributed by atoms with van der Waals surface area (Å²) in [7, 11) is 1.96. The summed E-state index contributed by atoms with van der Waals surface area (Å²) in [5.41, 5.74) is 5.76. The molecule has 138 valence electrons. The van der Waals surface area contributed by atoms with Crippen LogP contribution in [0.1, 0.15) is 31.9 Å². The fourth-order valence-corrected chi connectivity index (χ4v) is 3.75. The topological polar surface area (TPSA) is 24.9 Å². The van der Waals surface area contributed by atoms with Crippen LogP contribution < -0.4 is 5.32 Å². The van der Waals surface area contributed by atoms with Gasteiger partial charge in [-0.05, 0) is 35.6 Å². The van der Waals surface area contributed by atoms with Gasteiger partial charge in [0.05, 0.1) is 11.2 Å². The molecule has 0 aliphatic heterocycles. The van der Waals surface area contributed by atoms with Crippen LogP contribution in [0, 0.1) is 11.3 Å². The number of benzene rings is 1. The van der Waals surface area contributed by atoms with Crippen LogP contribution in [0.2, 0.25) is 0 Å². The van der Waals surface area contributed by atoms with Crippen molar-refractivity contribution in [3.05, 3.63) is 84.6 Å². The molecule has 1 heterocycles. The minimum atomic E-state index is 0.0283. The number of hydrogen-bond acceptors (Lipinski definition) is 2. The number of pyridine rings is 1. The molecule has 0 amide bonds. The van der Waals surface area contributed by atoms with Crippen molar-refractivity contribution in [1.82, 2.24) is 4.98 Å². The molecule has 0 saturated heterocycles. The highest BCUT2D eigenvalue weighted by atomic mass is 14.9. The summed E-state index contributed by atoms with van der Waals surface area (Å²) in [4.78, 5) is 4.60. The molecule has 1 aromatic carbocycles. The summed E-state index contributed by atoms with van der Waals surface area (Å²) in [5, 5.41) is 4.52. The molecular formula is C25H28N2. The third kappa shape index (κ3) is 3.66. The zero-order valence-electron chi connectivity index (χ0n) is 16.7. The largest absolute Gasteiger partial charge is 0.386 e. The van der Waals surface area contributed by atoms with Crippen LogP contribution in [0.3, 0.4) is 0 Å². The lowest BCUT2D eigenvalue weighted by molar-refractivity contribution is 0.399. The van der Waals surface area contributed by atoms with Crippen LogP contribution in [0.5, 0.6) is 0 Å². The highest BCUT2D eigenvalue weighted by Crippen LogP contribution is 2.41. The van der Waals surface area contributed by atoms with Gasteiger partial charge in [-0.2, -0.15) is 0 Å². The average molecular weight is 357 g/mol. The highest BCUT2D eigenvalue weighted by Gasteiger charge is 2.27. The van der Waals surface area contributed by atoms with E-state index in [-0.39, 0.29) is 5.41 Å². The third-order valence-electron chi connectivity index (χ3n) is 5.15. The first kappa shape index (κ1) is 18.9. The predicted molar refractivity (Wildman–Crippen MR) is 120 cm³/mol. The molecule has 0 spiro atoms. The van der Waals surface area contributed by atoms with Crippen molar-refractivity contribution in [3.8, 4) is 0 Å². The van der Waals surface area contributed by atoms with Gasteiger partial charge < -0.3 is 5.32 Å². The van der Waals surface area contributed by atoms with E-state index in [9.17, 15) is 0 Å². The van der Waals surface area contributed by atoms with E-state index in [0.29, 0.717) is 5.92 Å². The molecule has 1 unspecified atom stereocenters. The molecule has 1 aliphatic carbocycles. The first-order valence-corrected chi connectivity index (χ1v) is 9.44. The number of nitrogens with zero attached hydrogens (tertiary/aromatic N) is 1. The second kappa shape index (κ2) is 7.79. The molecule has 2 heteroatoms. The van der Waals surface area contributed by atoms with E-state index >= 15 is 0 Å². The van der Waals surface area contributed by atoms with Crippen molar-refractivity contribution >= 4 is 28.2 Å². The molecule has 1 aliphatic rings. The number of rotatable bonds is 5.